The molecule has 0 aromatic heterocycles. The summed E-state index contributed by atoms with van der Waals surface area (Å²) in [4.78, 5) is 21.3. The van der Waals surface area contributed by atoms with Crippen LogP contribution in [0.5, 0.6) is 11.5 Å². The molecule has 0 spiro atoms. The van der Waals surface area contributed by atoms with E-state index in [1.165, 1.54) is 20.3 Å². The van der Waals surface area contributed by atoms with Crippen molar-refractivity contribution in [2.45, 2.75) is 0 Å². The number of carbonyl (C=O) groups is 2. The van der Waals surface area contributed by atoms with Gasteiger partial charge in [0.1, 0.15) is 11.5 Å². The SMILES string of the molecule is COc1ccc(/C=C(\C=O)C(=O)O)c(OC)c1. The Hall–Kier alpha value is -2.30. The van der Waals surface area contributed by atoms with Crippen LogP contribution < -0.4 is 9.47 Å². The highest BCUT2D eigenvalue weighted by molar-refractivity contribution is 6.11. The van der Waals surface area contributed by atoms with Crippen molar-refractivity contribution in [2.24, 2.45) is 0 Å². The van der Waals surface area contributed by atoms with E-state index in [2.05, 4.69) is 0 Å². The van der Waals surface area contributed by atoms with Gasteiger partial charge in [-0.1, -0.05) is 0 Å². The number of aliphatic carboxylic acids is 1. The molecule has 0 unspecified atom stereocenters. The van der Waals surface area contributed by atoms with Gasteiger partial charge in [0.15, 0.2) is 6.29 Å². The maximum atomic E-state index is 10.7. The van der Waals surface area contributed by atoms with E-state index in [9.17, 15) is 9.59 Å². The summed E-state index contributed by atoms with van der Waals surface area (Å²) in [5, 5.41) is 8.73. The zero-order chi connectivity index (χ0) is 12.8. The topological polar surface area (TPSA) is 72.8 Å². The summed E-state index contributed by atoms with van der Waals surface area (Å²) in [5.74, 6) is -0.259. The third kappa shape index (κ3) is 3.07. The molecule has 0 amide bonds. The van der Waals surface area contributed by atoms with Gasteiger partial charge in [-0.05, 0) is 18.2 Å². The Bertz CT molecular complexity index is 462. The van der Waals surface area contributed by atoms with Crippen molar-refractivity contribution >= 4 is 18.3 Å². The predicted octanol–water partition coefficient (Wildman–Crippen LogP) is 1.37. The Kier molecular flexibility index (Phi) is 4.28. The summed E-state index contributed by atoms with van der Waals surface area (Å²) in [7, 11) is 2.96. The van der Waals surface area contributed by atoms with E-state index in [0.717, 1.165) is 0 Å². The summed E-state index contributed by atoms with van der Waals surface area (Å²) in [6, 6.07) is 4.87. The highest BCUT2D eigenvalue weighted by atomic mass is 16.5. The van der Waals surface area contributed by atoms with Gasteiger partial charge in [0.05, 0.1) is 19.8 Å². The molecule has 0 saturated carbocycles. The first-order valence-corrected chi connectivity index (χ1v) is 4.74. The minimum Gasteiger partial charge on any atom is -0.497 e. The smallest absolute Gasteiger partial charge is 0.339 e. The van der Waals surface area contributed by atoms with Crippen molar-refractivity contribution in [3.63, 3.8) is 0 Å². The number of aldehydes is 1. The summed E-state index contributed by atoms with van der Waals surface area (Å²) in [5.41, 5.74) is 0.159. The third-order valence-electron chi connectivity index (χ3n) is 2.13. The molecular weight excluding hydrogens is 224 g/mol. The van der Waals surface area contributed by atoms with Crippen LogP contribution in [-0.4, -0.2) is 31.6 Å². The lowest BCUT2D eigenvalue weighted by Gasteiger charge is -2.07. The van der Waals surface area contributed by atoms with Crippen LogP contribution in [0.1, 0.15) is 5.56 Å². The largest absolute Gasteiger partial charge is 0.497 e. The molecule has 1 aromatic carbocycles. The van der Waals surface area contributed by atoms with Crippen molar-refractivity contribution in [3.05, 3.63) is 29.3 Å². The molecule has 0 aliphatic heterocycles. The monoisotopic (exact) mass is 236 g/mol. The zero-order valence-electron chi connectivity index (χ0n) is 9.47. The van der Waals surface area contributed by atoms with E-state index in [1.807, 2.05) is 0 Å². The van der Waals surface area contributed by atoms with Crippen LogP contribution in [0.3, 0.4) is 0 Å². The molecule has 17 heavy (non-hydrogen) atoms. The minimum atomic E-state index is -1.28. The highest BCUT2D eigenvalue weighted by Gasteiger charge is 2.09. The van der Waals surface area contributed by atoms with Crippen molar-refractivity contribution in [1.82, 2.24) is 0 Å². The number of benzene rings is 1. The second-order valence-corrected chi connectivity index (χ2v) is 3.13. The Balaban J connectivity index is 3.22. The number of hydrogen-bond donors (Lipinski definition) is 1. The zero-order valence-corrected chi connectivity index (χ0v) is 9.47. The van der Waals surface area contributed by atoms with E-state index >= 15 is 0 Å². The Labute approximate surface area is 98.3 Å². The van der Waals surface area contributed by atoms with E-state index < -0.39 is 5.97 Å². The molecular formula is C12H12O5. The number of rotatable bonds is 5. The van der Waals surface area contributed by atoms with Gasteiger partial charge in [-0.3, -0.25) is 4.79 Å². The first-order chi connectivity index (χ1) is 8.12. The van der Waals surface area contributed by atoms with Gasteiger partial charge in [-0.25, -0.2) is 4.79 Å². The molecule has 1 aromatic rings. The summed E-state index contributed by atoms with van der Waals surface area (Å²) >= 11 is 0. The second-order valence-electron chi connectivity index (χ2n) is 3.13. The number of hydrogen-bond acceptors (Lipinski definition) is 4. The average molecular weight is 236 g/mol. The molecule has 1 N–H and O–H groups in total. The normalized spacial score (nSPS) is 10.8. The Morgan fingerprint density at radius 1 is 1.29 bits per heavy atom. The average Bonchev–Trinajstić information content (AvgIpc) is 2.35. The molecule has 0 fully saturated rings. The fourth-order valence-electron chi connectivity index (χ4n) is 1.25. The molecule has 0 heterocycles. The Morgan fingerprint density at radius 3 is 2.47 bits per heavy atom. The summed E-state index contributed by atoms with van der Waals surface area (Å²) in [6.45, 7) is 0. The molecule has 0 bridgehead atoms. The summed E-state index contributed by atoms with van der Waals surface area (Å²) < 4.78 is 10.1. The van der Waals surface area contributed by atoms with Gasteiger partial charge >= 0.3 is 5.97 Å². The molecule has 5 heteroatoms. The number of carboxylic acid groups (broad SMARTS) is 1. The van der Waals surface area contributed by atoms with Gasteiger partial charge in [0, 0.05) is 11.6 Å². The number of carbonyl (C=O) groups excluding carboxylic acids is 1. The number of ether oxygens (including phenoxy) is 2. The van der Waals surface area contributed by atoms with Crippen molar-refractivity contribution in [1.29, 1.82) is 0 Å². The molecule has 0 aliphatic rings. The molecule has 90 valence electrons. The van der Waals surface area contributed by atoms with Crippen LogP contribution in [0.25, 0.3) is 6.08 Å². The van der Waals surface area contributed by atoms with Crippen LogP contribution in [-0.2, 0) is 9.59 Å². The fraction of sp³-hybridized carbons (Fsp3) is 0.167. The first kappa shape index (κ1) is 12.8. The van der Waals surface area contributed by atoms with Gasteiger partial charge in [0.2, 0.25) is 0 Å². The van der Waals surface area contributed by atoms with Crippen molar-refractivity contribution < 1.29 is 24.2 Å². The van der Waals surface area contributed by atoms with Crippen molar-refractivity contribution in [2.75, 3.05) is 14.2 Å². The summed E-state index contributed by atoms with van der Waals surface area (Å²) in [6.07, 6.45) is 1.53. The highest BCUT2D eigenvalue weighted by Crippen LogP contribution is 2.26. The van der Waals surface area contributed by atoms with Crippen LogP contribution in [0.2, 0.25) is 0 Å². The molecule has 1 rings (SSSR count). The predicted molar refractivity (Wildman–Crippen MR) is 61.2 cm³/mol. The maximum Gasteiger partial charge on any atom is 0.339 e. The number of carboxylic acids is 1. The molecule has 0 atom stereocenters. The van der Waals surface area contributed by atoms with Crippen LogP contribution >= 0.6 is 0 Å². The quantitative estimate of drug-likeness (QED) is 0.362. The minimum absolute atomic E-state index is 0.284. The molecule has 0 saturated heterocycles. The van der Waals surface area contributed by atoms with Gasteiger partial charge in [-0.15, -0.1) is 0 Å². The van der Waals surface area contributed by atoms with Crippen molar-refractivity contribution in [3.8, 4) is 11.5 Å². The van der Waals surface area contributed by atoms with Crippen LogP contribution in [0.15, 0.2) is 23.8 Å². The molecule has 0 radical (unpaired) electrons. The maximum absolute atomic E-state index is 10.7. The van der Waals surface area contributed by atoms with Gasteiger partial charge in [-0.2, -0.15) is 0 Å². The van der Waals surface area contributed by atoms with Gasteiger partial charge in [0.25, 0.3) is 0 Å². The molecule has 5 nitrogen and oxygen atoms in total. The van der Waals surface area contributed by atoms with Gasteiger partial charge < -0.3 is 14.6 Å². The van der Waals surface area contributed by atoms with Crippen LogP contribution in [0, 0.1) is 0 Å². The standard InChI is InChI=1S/C12H12O5/c1-16-10-4-3-8(11(6-10)17-2)5-9(7-13)12(14)15/h3-7H,1-2H3,(H,14,15)/b9-5+. The Morgan fingerprint density at radius 2 is 2.00 bits per heavy atom. The van der Waals surface area contributed by atoms with E-state index in [4.69, 9.17) is 14.6 Å². The second kappa shape index (κ2) is 5.69. The lowest BCUT2D eigenvalue weighted by Crippen LogP contribution is -2.01. The lowest BCUT2D eigenvalue weighted by molar-refractivity contribution is -0.133. The fourth-order valence-corrected chi connectivity index (χ4v) is 1.25. The third-order valence-corrected chi connectivity index (χ3v) is 2.13. The van der Waals surface area contributed by atoms with E-state index in [0.29, 0.717) is 17.1 Å². The van der Waals surface area contributed by atoms with Crippen LogP contribution in [0.4, 0.5) is 0 Å². The van der Waals surface area contributed by atoms with E-state index in [-0.39, 0.29) is 11.9 Å². The van der Waals surface area contributed by atoms with E-state index in [1.54, 1.807) is 18.2 Å². The molecule has 0 aliphatic carbocycles. The lowest BCUT2D eigenvalue weighted by atomic mass is 10.1. The first-order valence-electron chi connectivity index (χ1n) is 4.74. The number of methoxy groups -OCH3 is 2.